The molecule has 1 aromatic carbocycles. The van der Waals surface area contributed by atoms with Crippen LogP contribution < -0.4 is 10.9 Å². The van der Waals surface area contributed by atoms with Crippen LogP contribution in [-0.2, 0) is 11.8 Å². The minimum absolute atomic E-state index is 0.0113. The molecule has 0 amide bonds. The van der Waals surface area contributed by atoms with Crippen molar-refractivity contribution >= 4 is 17.5 Å². The van der Waals surface area contributed by atoms with Gasteiger partial charge >= 0.3 is 0 Å². The number of benzene rings is 1. The van der Waals surface area contributed by atoms with E-state index in [9.17, 15) is 14.3 Å². The van der Waals surface area contributed by atoms with Gasteiger partial charge in [0.25, 0.3) is 5.56 Å². The summed E-state index contributed by atoms with van der Waals surface area (Å²) in [5.41, 5.74) is 2.22. The highest BCUT2D eigenvalue weighted by Crippen LogP contribution is 2.29. The van der Waals surface area contributed by atoms with Crippen LogP contribution in [0.1, 0.15) is 30.0 Å². The van der Waals surface area contributed by atoms with E-state index in [-0.39, 0.29) is 29.3 Å². The van der Waals surface area contributed by atoms with Gasteiger partial charge in [-0.1, -0.05) is 17.7 Å². The summed E-state index contributed by atoms with van der Waals surface area (Å²) < 4.78 is 23.0. The Labute approximate surface area is 217 Å². The highest BCUT2D eigenvalue weighted by atomic mass is 35.5. The van der Waals surface area contributed by atoms with Crippen LogP contribution in [0.15, 0.2) is 66.0 Å². The van der Waals surface area contributed by atoms with Crippen molar-refractivity contribution in [2.75, 3.05) is 18.5 Å². The number of halogens is 2. The summed E-state index contributed by atoms with van der Waals surface area (Å²) in [6.45, 7) is 0.522. The summed E-state index contributed by atoms with van der Waals surface area (Å²) >= 11 is 5.90. The number of pyridine rings is 1. The number of nitrogens with one attached hydrogen (secondary N) is 1. The summed E-state index contributed by atoms with van der Waals surface area (Å²) in [5.74, 6) is -0.122. The fourth-order valence-corrected chi connectivity index (χ4v) is 4.67. The van der Waals surface area contributed by atoms with Crippen molar-refractivity contribution in [3.05, 3.63) is 93.5 Å². The zero-order valence-electron chi connectivity index (χ0n) is 20.1. The SMILES string of the molecule is Cn1cc(C(c2ccc(Cl)c(F)c2)n2ccc(-c3ccnc(N[C@@H]4CCOC(CO)C4)n3)cc2=O)cn1. The van der Waals surface area contributed by atoms with E-state index in [1.54, 1.807) is 54.7 Å². The van der Waals surface area contributed by atoms with Crippen molar-refractivity contribution in [1.82, 2.24) is 24.3 Å². The Hall–Kier alpha value is -3.60. The van der Waals surface area contributed by atoms with Crippen LogP contribution in [0.25, 0.3) is 11.3 Å². The molecule has 0 saturated carbocycles. The molecule has 1 fully saturated rings. The molecule has 1 aliphatic rings. The molecule has 1 aliphatic heterocycles. The van der Waals surface area contributed by atoms with Crippen LogP contribution in [-0.4, -0.2) is 54.8 Å². The molecule has 5 rings (SSSR count). The Morgan fingerprint density at radius 2 is 2.14 bits per heavy atom. The largest absolute Gasteiger partial charge is 0.394 e. The van der Waals surface area contributed by atoms with E-state index in [0.29, 0.717) is 35.8 Å². The van der Waals surface area contributed by atoms with E-state index in [0.717, 1.165) is 12.0 Å². The van der Waals surface area contributed by atoms with Crippen LogP contribution in [0.5, 0.6) is 0 Å². The highest BCUT2D eigenvalue weighted by molar-refractivity contribution is 6.30. The third kappa shape index (κ3) is 5.56. The Bertz CT molecular complexity index is 1460. The van der Waals surface area contributed by atoms with Crippen molar-refractivity contribution in [3.63, 3.8) is 0 Å². The lowest BCUT2D eigenvalue weighted by molar-refractivity contribution is -0.0213. The molecule has 1 saturated heterocycles. The number of hydrogen-bond donors (Lipinski definition) is 2. The molecular weight excluding hydrogens is 499 g/mol. The summed E-state index contributed by atoms with van der Waals surface area (Å²) in [6, 6.07) is 9.01. The molecule has 4 aromatic rings. The summed E-state index contributed by atoms with van der Waals surface area (Å²) in [6.07, 6.45) is 7.97. The molecule has 2 N–H and O–H groups in total. The average molecular weight is 525 g/mol. The van der Waals surface area contributed by atoms with Gasteiger partial charge < -0.3 is 19.7 Å². The van der Waals surface area contributed by atoms with Gasteiger partial charge in [0.1, 0.15) is 5.82 Å². The maximum atomic E-state index is 14.3. The predicted octanol–water partition coefficient (Wildman–Crippen LogP) is 3.42. The van der Waals surface area contributed by atoms with Gasteiger partial charge in [0.2, 0.25) is 5.95 Å². The number of aliphatic hydroxyl groups is 1. The molecule has 0 radical (unpaired) electrons. The van der Waals surface area contributed by atoms with Crippen LogP contribution in [0, 0.1) is 5.82 Å². The first-order chi connectivity index (χ1) is 17.9. The number of hydrogen-bond acceptors (Lipinski definition) is 7. The number of ether oxygens (including phenoxy) is 1. The molecule has 9 nitrogen and oxygen atoms in total. The van der Waals surface area contributed by atoms with E-state index in [1.807, 2.05) is 0 Å². The minimum atomic E-state index is -0.599. The molecule has 37 heavy (non-hydrogen) atoms. The van der Waals surface area contributed by atoms with E-state index in [4.69, 9.17) is 16.3 Å². The number of aromatic nitrogens is 5. The number of aryl methyl sites for hydroxylation is 1. The van der Waals surface area contributed by atoms with E-state index in [2.05, 4.69) is 20.4 Å². The van der Waals surface area contributed by atoms with Crippen LogP contribution >= 0.6 is 11.6 Å². The Morgan fingerprint density at radius 3 is 2.86 bits per heavy atom. The fraction of sp³-hybridized carbons (Fsp3) is 0.308. The van der Waals surface area contributed by atoms with Crippen molar-refractivity contribution in [1.29, 1.82) is 0 Å². The first-order valence-electron chi connectivity index (χ1n) is 11.9. The van der Waals surface area contributed by atoms with Gasteiger partial charge in [-0.15, -0.1) is 0 Å². The molecule has 2 unspecified atom stereocenters. The number of nitrogens with zero attached hydrogens (tertiary/aromatic N) is 5. The lowest BCUT2D eigenvalue weighted by Crippen LogP contribution is -2.36. The van der Waals surface area contributed by atoms with Crippen molar-refractivity contribution in [3.8, 4) is 11.3 Å². The molecule has 0 bridgehead atoms. The second kappa shape index (κ2) is 10.8. The van der Waals surface area contributed by atoms with E-state index >= 15 is 0 Å². The average Bonchev–Trinajstić information content (AvgIpc) is 3.33. The van der Waals surface area contributed by atoms with Gasteiger partial charge in [-0.2, -0.15) is 5.10 Å². The van der Waals surface area contributed by atoms with Crippen LogP contribution in [0.3, 0.4) is 0 Å². The van der Waals surface area contributed by atoms with Crippen LogP contribution in [0.4, 0.5) is 10.3 Å². The maximum Gasteiger partial charge on any atom is 0.252 e. The zero-order chi connectivity index (χ0) is 25.9. The summed E-state index contributed by atoms with van der Waals surface area (Å²) in [4.78, 5) is 22.3. The Kier molecular flexibility index (Phi) is 7.31. The van der Waals surface area contributed by atoms with E-state index in [1.165, 1.54) is 22.8 Å². The monoisotopic (exact) mass is 524 g/mol. The molecule has 0 spiro atoms. The molecule has 3 aromatic heterocycles. The van der Waals surface area contributed by atoms with Gasteiger partial charge in [-0.05, 0) is 42.7 Å². The quantitative estimate of drug-likeness (QED) is 0.381. The van der Waals surface area contributed by atoms with Gasteiger partial charge in [0.05, 0.1) is 35.7 Å². The molecule has 3 atom stereocenters. The Morgan fingerprint density at radius 1 is 1.27 bits per heavy atom. The second-order valence-electron chi connectivity index (χ2n) is 8.99. The smallest absolute Gasteiger partial charge is 0.252 e. The molecule has 4 heterocycles. The number of aliphatic hydroxyl groups excluding tert-OH is 1. The standard InChI is InChI=1S/C26H26ClFN6O3/c1-33-14-18(13-30-33)25(17-2-3-21(27)22(28)10-17)34-8-5-16(11-24(34)36)23-4-7-29-26(32-23)31-19-6-9-37-20(12-19)15-35/h2-5,7-8,10-11,13-14,19-20,25,35H,6,9,12,15H2,1H3,(H,29,31,32)/t19-,20?,25?/m1/s1. The topological polar surface area (TPSA) is 107 Å². The first kappa shape index (κ1) is 25.1. The Balaban J connectivity index is 1.45. The lowest BCUT2D eigenvalue weighted by atomic mass is 10.0. The minimum Gasteiger partial charge on any atom is -0.394 e. The molecule has 0 aliphatic carbocycles. The van der Waals surface area contributed by atoms with Gasteiger partial charge in [0.15, 0.2) is 0 Å². The van der Waals surface area contributed by atoms with Crippen molar-refractivity contribution in [2.45, 2.75) is 31.0 Å². The van der Waals surface area contributed by atoms with Gasteiger partial charge in [0, 0.05) is 55.5 Å². The third-order valence-corrected chi connectivity index (χ3v) is 6.69. The van der Waals surface area contributed by atoms with Gasteiger partial charge in [-0.3, -0.25) is 9.48 Å². The summed E-state index contributed by atoms with van der Waals surface area (Å²) in [5, 5.41) is 16.9. The summed E-state index contributed by atoms with van der Waals surface area (Å²) in [7, 11) is 1.78. The molecule has 192 valence electrons. The van der Waals surface area contributed by atoms with Crippen LogP contribution in [0.2, 0.25) is 5.02 Å². The second-order valence-corrected chi connectivity index (χ2v) is 9.40. The van der Waals surface area contributed by atoms with Gasteiger partial charge in [-0.25, -0.2) is 14.4 Å². The van der Waals surface area contributed by atoms with Crippen molar-refractivity contribution in [2.24, 2.45) is 7.05 Å². The third-order valence-electron chi connectivity index (χ3n) is 6.38. The molecule has 11 heteroatoms. The zero-order valence-corrected chi connectivity index (χ0v) is 20.8. The number of anilines is 1. The predicted molar refractivity (Wildman–Crippen MR) is 137 cm³/mol. The van der Waals surface area contributed by atoms with E-state index < -0.39 is 11.9 Å². The normalized spacial score (nSPS) is 18.5. The van der Waals surface area contributed by atoms with Crippen molar-refractivity contribution < 1.29 is 14.2 Å². The lowest BCUT2D eigenvalue weighted by Gasteiger charge is -2.29. The molecular formula is C26H26ClFN6O3. The first-order valence-corrected chi connectivity index (χ1v) is 12.3. The highest BCUT2D eigenvalue weighted by Gasteiger charge is 2.23. The maximum absolute atomic E-state index is 14.3. The number of rotatable bonds is 7. The fourth-order valence-electron chi connectivity index (χ4n) is 4.55.